The monoisotopic (exact) mass is 333 g/mol. The number of phenolic OH excluding ortho intramolecular Hbond substituents is 1. The zero-order chi connectivity index (χ0) is 17.4. The van der Waals surface area contributed by atoms with E-state index in [4.69, 9.17) is 5.73 Å². The maximum atomic E-state index is 12.5. The number of carbonyl (C=O) groups excluding carboxylic acids is 1. The number of aromatic amines is 2. The van der Waals surface area contributed by atoms with Gasteiger partial charge >= 0.3 is 0 Å². The van der Waals surface area contributed by atoms with E-state index in [1.54, 1.807) is 36.5 Å². The van der Waals surface area contributed by atoms with Crippen LogP contribution in [0.25, 0.3) is 22.2 Å². The standard InChI is InChI=1S/C18H15N5O2/c19-18-20-9-16(23-18)10-2-1-3-12(6-10)21-17(25)15-8-11-7-13(24)4-5-14(11)22-15/h1-9,22,24H,(H,21,25)(H3,19,20,23). The van der Waals surface area contributed by atoms with Gasteiger partial charge in [0.2, 0.25) is 0 Å². The summed E-state index contributed by atoms with van der Waals surface area (Å²) in [7, 11) is 0. The van der Waals surface area contributed by atoms with Gasteiger partial charge in [0.25, 0.3) is 5.91 Å². The number of nitrogens with one attached hydrogen (secondary N) is 3. The first-order chi connectivity index (χ1) is 12.1. The molecule has 2 heterocycles. The SMILES string of the molecule is Nc1ncc(-c2cccc(NC(=O)c3cc4cc(O)ccc4[nH]3)c2)[nH]1. The highest BCUT2D eigenvalue weighted by molar-refractivity contribution is 6.06. The first-order valence-corrected chi connectivity index (χ1v) is 7.62. The highest BCUT2D eigenvalue weighted by Crippen LogP contribution is 2.23. The molecular formula is C18H15N5O2. The number of nitrogen functional groups attached to an aromatic ring is 1. The number of fused-ring (bicyclic) bond motifs is 1. The number of hydrogen-bond donors (Lipinski definition) is 5. The van der Waals surface area contributed by atoms with Crippen LogP contribution >= 0.6 is 0 Å². The molecule has 25 heavy (non-hydrogen) atoms. The Kier molecular flexibility index (Phi) is 3.39. The number of carbonyl (C=O) groups is 1. The summed E-state index contributed by atoms with van der Waals surface area (Å²) in [5.74, 6) is 0.229. The van der Waals surface area contributed by atoms with Gasteiger partial charge in [-0.25, -0.2) is 4.98 Å². The summed E-state index contributed by atoms with van der Waals surface area (Å²) in [5.41, 5.74) is 9.08. The van der Waals surface area contributed by atoms with Gasteiger partial charge in [-0.3, -0.25) is 4.79 Å². The van der Waals surface area contributed by atoms with E-state index in [2.05, 4.69) is 20.3 Å². The normalized spacial score (nSPS) is 10.9. The average Bonchev–Trinajstić information content (AvgIpc) is 3.21. The summed E-state index contributed by atoms with van der Waals surface area (Å²) in [5, 5.41) is 13.1. The van der Waals surface area contributed by atoms with Gasteiger partial charge in [-0.2, -0.15) is 0 Å². The Morgan fingerprint density at radius 1 is 1.12 bits per heavy atom. The molecule has 6 N–H and O–H groups in total. The van der Waals surface area contributed by atoms with Crippen molar-refractivity contribution >= 4 is 28.4 Å². The summed E-state index contributed by atoms with van der Waals surface area (Å²) in [6, 6.07) is 14.0. The average molecular weight is 333 g/mol. The molecule has 0 unspecified atom stereocenters. The Labute approximate surface area is 142 Å². The smallest absolute Gasteiger partial charge is 0.272 e. The lowest BCUT2D eigenvalue weighted by molar-refractivity contribution is 0.102. The molecule has 1 amide bonds. The molecule has 7 nitrogen and oxygen atoms in total. The second-order valence-electron chi connectivity index (χ2n) is 5.67. The lowest BCUT2D eigenvalue weighted by Gasteiger charge is -2.05. The van der Waals surface area contributed by atoms with Crippen LogP contribution in [0.4, 0.5) is 11.6 Å². The van der Waals surface area contributed by atoms with Crippen LogP contribution in [0.15, 0.2) is 54.7 Å². The molecule has 0 aliphatic heterocycles. The molecular weight excluding hydrogens is 318 g/mol. The molecule has 0 radical (unpaired) electrons. The lowest BCUT2D eigenvalue weighted by atomic mass is 10.1. The Morgan fingerprint density at radius 3 is 2.80 bits per heavy atom. The fraction of sp³-hybridized carbons (Fsp3) is 0. The molecule has 0 bridgehead atoms. The Hall–Kier alpha value is -3.74. The van der Waals surface area contributed by atoms with E-state index in [1.165, 1.54) is 0 Å². The molecule has 0 saturated carbocycles. The Bertz CT molecular complexity index is 1080. The molecule has 0 atom stereocenters. The fourth-order valence-electron chi connectivity index (χ4n) is 2.69. The molecule has 2 aromatic heterocycles. The number of hydrogen-bond acceptors (Lipinski definition) is 4. The van der Waals surface area contributed by atoms with Crippen LogP contribution in [0.1, 0.15) is 10.5 Å². The van der Waals surface area contributed by atoms with Gasteiger partial charge in [0.1, 0.15) is 11.4 Å². The third-order valence-electron chi connectivity index (χ3n) is 3.88. The zero-order valence-electron chi connectivity index (χ0n) is 13.1. The molecule has 7 heteroatoms. The van der Waals surface area contributed by atoms with Crippen molar-refractivity contribution in [3.05, 3.63) is 60.4 Å². The maximum Gasteiger partial charge on any atom is 0.272 e. The number of phenols is 1. The van der Waals surface area contributed by atoms with Crippen LogP contribution in [0.3, 0.4) is 0 Å². The van der Waals surface area contributed by atoms with Crippen molar-refractivity contribution in [3.63, 3.8) is 0 Å². The van der Waals surface area contributed by atoms with Gasteiger partial charge in [-0.15, -0.1) is 0 Å². The topological polar surface area (TPSA) is 120 Å². The van der Waals surface area contributed by atoms with E-state index in [-0.39, 0.29) is 11.7 Å². The number of aromatic nitrogens is 3. The quantitative estimate of drug-likeness (QED) is 0.395. The van der Waals surface area contributed by atoms with Gasteiger partial charge in [0, 0.05) is 22.2 Å². The highest BCUT2D eigenvalue weighted by atomic mass is 16.3. The van der Waals surface area contributed by atoms with Crippen LogP contribution in [0, 0.1) is 0 Å². The molecule has 2 aromatic carbocycles. The molecule has 4 aromatic rings. The number of nitrogens with zero attached hydrogens (tertiary/aromatic N) is 1. The summed E-state index contributed by atoms with van der Waals surface area (Å²) >= 11 is 0. The number of amides is 1. The summed E-state index contributed by atoms with van der Waals surface area (Å²) in [6.07, 6.45) is 1.64. The Morgan fingerprint density at radius 2 is 2.00 bits per heavy atom. The van der Waals surface area contributed by atoms with Crippen molar-refractivity contribution in [3.8, 4) is 17.0 Å². The van der Waals surface area contributed by atoms with Crippen LogP contribution in [0.5, 0.6) is 5.75 Å². The minimum absolute atomic E-state index is 0.157. The number of H-pyrrole nitrogens is 2. The number of benzene rings is 2. The van der Waals surface area contributed by atoms with E-state index in [0.29, 0.717) is 17.3 Å². The molecule has 0 aliphatic carbocycles. The van der Waals surface area contributed by atoms with Crippen molar-refractivity contribution in [2.24, 2.45) is 0 Å². The molecule has 124 valence electrons. The summed E-state index contributed by atoms with van der Waals surface area (Å²) in [6.45, 7) is 0. The second kappa shape index (κ2) is 5.72. The van der Waals surface area contributed by atoms with Crippen molar-refractivity contribution < 1.29 is 9.90 Å². The first kappa shape index (κ1) is 14.8. The number of aromatic hydroxyl groups is 1. The van der Waals surface area contributed by atoms with Crippen LogP contribution in [0.2, 0.25) is 0 Å². The van der Waals surface area contributed by atoms with E-state index in [9.17, 15) is 9.90 Å². The van der Waals surface area contributed by atoms with Gasteiger partial charge < -0.3 is 26.1 Å². The summed E-state index contributed by atoms with van der Waals surface area (Å²) < 4.78 is 0. The van der Waals surface area contributed by atoms with E-state index in [1.807, 2.05) is 18.2 Å². The molecule has 0 fully saturated rings. The van der Waals surface area contributed by atoms with E-state index in [0.717, 1.165) is 22.2 Å². The fourth-order valence-corrected chi connectivity index (χ4v) is 2.69. The van der Waals surface area contributed by atoms with Crippen molar-refractivity contribution in [1.29, 1.82) is 0 Å². The highest BCUT2D eigenvalue weighted by Gasteiger charge is 2.11. The number of anilines is 2. The minimum atomic E-state index is -0.267. The van der Waals surface area contributed by atoms with Crippen LogP contribution in [-0.4, -0.2) is 26.0 Å². The Balaban J connectivity index is 1.59. The van der Waals surface area contributed by atoms with E-state index >= 15 is 0 Å². The van der Waals surface area contributed by atoms with Crippen LogP contribution in [-0.2, 0) is 0 Å². The lowest BCUT2D eigenvalue weighted by Crippen LogP contribution is -2.12. The molecule has 0 spiro atoms. The third kappa shape index (κ3) is 2.90. The summed E-state index contributed by atoms with van der Waals surface area (Å²) in [4.78, 5) is 22.4. The third-order valence-corrected chi connectivity index (χ3v) is 3.88. The number of imidazole rings is 1. The molecule has 4 rings (SSSR count). The largest absolute Gasteiger partial charge is 0.508 e. The van der Waals surface area contributed by atoms with Gasteiger partial charge in [0.15, 0.2) is 5.95 Å². The second-order valence-corrected chi connectivity index (χ2v) is 5.67. The van der Waals surface area contributed by atoms with Crippen molar-refractivity contribution in [2.75, 3.05) is 11.1 Å². The zero-order valence-corrected chi connectivity index (χ0v) is 13.1. The maximum absolute atomic E-state index is 12.5. The number of rotatable bonds is 3. The van der Waals surface area contributed by atoms with Crippen molar-refractivity contribution in [1.82, 2.24) is 15.0 Å². The molecule has 0 saturated heterocycles. The first-order valence-electron chi connectivity index (χ1n) is 7.62. The minimum Gasteiger partial charge on any atom is -0.508 e. The van der Waals surface area contributed by atoms with Gasteiger partial charge in [0.05, 0.1) is 11.9 Å². The van der Waals surface area contributed by atoms with Gasteiger partial charge in [-0.05, 0) is 36.4 Å². The molecule has 0 aliphatic rings. The van der Waals surface area contributed by atoms with Gasteiger partial charge in [-0.1, -0.05) is 12.1 Å². The van der Waals surface area contributed by atoms with Crippen molar-refractivity contribution in [2.45, 2.75) is 0 Å². The predicted octanol–water partition coefficient (Wildman–Crippen LogP) is 3.10. The van der Waals surface area contributed by atoms with Crippen LogP contribution < -0.4 is 11.1 Å². The van der Waals surface area contributed by atoms with E-state index < -0.39 is 0 Å². The predicted molar refractivity (Wildman–Crippen MR) is 96.4 cm³/mol. The number of nitrogens with two attached hydrogens (primary N) is 1.